The third-order valence-electron chi connectivity index (χ3n) is 3.75. The van der Waals surface area contributed by atoms with E-state index in [4.69, 9.17) is 0 Å². The number of nitrogens with zero attached hydrogens (tertiary/aromatic N) is 2. The number of hydrogen-bond acceptors (Lipinski definition) is 4. The Kier molecular flexibility index (Phi) is 4.57. The van der Waals surface area contributed by atoms with E-state index in [1.165, 1.54) is 13.1 Å². The SMILES string of the molecule is CC(=O)C(C(=O)c1ccccc1)c1cncc(-c2ccccc2)n1. The van der Waals surface area contributed by atoms with Gasteiger partial charge >= 0.3 is 0 Å². The molecule has 0 saturated carbocycles. The zero-order chi connectivity index (χ0) is 16.9. The van der Waals surface area contributed by atoms with Gasteiger partial charge in [-0.15, -0.1) is 0 Å². The van der Waals surface area contributed by atoms with E-state index < -0.39 is 5.92 Å². The van der Waals surface area contributed by atoms with E-state index in [0.717, 1.165) is 5.56 Å². The molecule has 0 fully saturated rings. The van der Waals surface area contributed by atoms with Gasteiger partial charge in [-0.05, 0) is 6.92 Å². The van der Waals surface area contributed by atoms with Crippen LogP contribution < -0.4 is 0 Å². The highest BCUT2D eigenvalue weighted by atomic mass is 16.1. The van der Waals surface area contributed by atoms with Crippen LogP contribution in [0.5, 0.6) is 0 Å². The van der Waals surface area contributed by atoms with Crippen molar-refractivity contribution in [2.45, 2.75) is 12.8 Å². The molecular weight excluding hydrogens is 300 g/mol. The fourth-order valence-electron chi connectivity index (χ4n) is 2.56. The topological polar surface area (TPSA) is 59.9 Å². The fourth-order valence-corrected chi connectivity index (χ4v) is 2.56. The summed E-state index contributed by atoms with van der Waals surface area (Å²) in [6, 6.07) is 18.3. The first kappa shape index (κ1) is 15.7. The monoisotopic (exact) mass is 316 g/mol. The fraction of sp³-hybridized carbons (Fsp3) is 0.100. The van der Waals surface area contributed by atoms with E-state index in [9.17, 15) is 9.59 Å². The Balaban J connectivity index is 2.01. The molecule has 1 unspecified atom stereocenters. The van der Waals surface area contributed by atoms with E-state index in [2.05, 4.69) is 9.97 Å². The van der Waals surface area contributed by atoms with Crippen LogP contribution in [0.25, 0.3) is 11.3 Å². The Morgan fingerprint density at radius 1 is 0.875 bits per heavy atom. The summed E-state index contributed by atoms with van der Waals surface area (Å²) in [5.74, 6) is -1.45. The van der Waals surface area contributed by atoms with Gasteiger partial charge in [0.25, 0.3) is 0 Å². The molecular formula is C20H16N2O2. The Morgan fingerprint density at radius 2 is 1.50 bits per heavy atom. The predicted octanol–water partition coefficient (Wildman–Crippen LogP) is 3.70. The van der Waals surface area contributed by atoms with Crippen molar-refractivity contribution in [3.05, 3.63) is 84.3 Å². The molecule has 0 radical (unpaired) electrons. The first-order chi connectivity index (χ1) is 11.7. The lowest BCUT2D eigenvalue weighted by Crippen LogP contribution is -2.21. The Morgan fingerprint density at radius 3 is 2.12 bits per heavy atom. The Hall–Kier alpha value is -3.14. The standard InChI is InChI=1S/C20H16N2O2/c1-14(23)19(20(24)16-10-6-3-7-11-16)18-13-21-12-17(22-18)15-8-4-2-5-9-15/h2-13,19H,1H3. The van der Waals surface area contributed by atoms with Crippen LogP contribution >= 0.6 is 0 Å². The van der Waals surface area contributed by atoms with Crippen molar-refractivity contribution in [3.63, 3.8) is 0 Å². The van der Waals surface area contributed by atoms with Crippen molar-refractivity contribution >= 4 is 11.6 Å². The summed E-state index contributed by atoms with van der Waals surface area (Å²) in [7, 11) is 0. The number of carbonyl (C=O) groups excluding carboxylic acids is 2. The van der Waals surface area contributed by atoms with E-state index in [0.29, 0.717) is 17.0 Å². The van der Waals surface area contributed by atoms with Crippen molar-refractivity contribution in [1.29, 1.82) is 0 Å². The molecule has 0 bridgehead atoms. The van der Waals surface area contributed by atoms with Crippen molar-refractivity contribution < 1.29 is 9.59 Å². The lowest BCUT2D eigenvalue weighted by Gasteiger charge is -2.13. The summed E-state index contributed by atoms with van der Waals surface area (Å²) in [6.45, 7) is 1.41. The van der Waals surface area contributed by atoms with Gasteiger partial charge in [0.1, 0.15) is 11.7 Å². The molecule has 1 aromatic heterocycles. The van der Waals surface area contributed by atoms with Gasteiger partial charge in [0, 0.05) is 17.3 Å². The van der Waals surface area contributed by atoms with Crippen LogP contribution in [0.4, 0.5) is 0 Å². The third kappa shape index (κ3) is 3.27. The summed E-state index contributed by atoms with van der Waals surface area (Å²) < 4.78 is 0. The first-order valence-electron chi connectivity index (χ1n) is 7.64. The van der Waals surface area contributed by atoms with Gasteiger partial charge in [-0.2, -0.15) is 0 Å². The second kappa shape index (κ2) is 6.96. The molecule has 0 amide bonds. The first-order valence-corrected chi connectivity index (χ1v) is 7.64. The average molecular weight is 316 g/mol. The lowest BCUT2D eigenvalue weighted by atomic mass is 9.91. The zero-order valence-electron chi connectivity index (χ0n) is 13.2. The normalized spacial score (nSPS) is 11.7. The largest absolute Gasteiger partial charge is 0.299 e. The molecule has 118 valence electrons. The number of ketones is 2. The number of carbonyl (C=O) groups is 2. The molecule has 1 heterocycles. The maximum absolute atomic E-state index is 12.7. The number of hydrogen-bond donors (Lipinski definition) is 0. The Bertz CT molecular complexity index is 861. The van der Waals surface area contributed by atoms with Gasteiger partial charge in [-0.25, -0.2) is 4.98 Å². The molecule has 0 saturated heterocycles. The van der Waals surface area contributed by atoms with Crippen LogP contribution in [0.3, 0.4) is 0 Å². The number of rotatable bonds is 5. The average Bonchev–Trinajstić information content (AvgIpc) is 2.63. The molecule has 4 heteroatoms. The zero-order valence-corrected chi connectivity index (χ0v) is 13.2. The quantitative estimate of drug-likeness (QED) is 0.532. The van der Waals surface area contributed by atoms with Crippen molar-refractivity contribution in [3.8, 4) is 11.3 Å². The maximum atomic E-state index is 12.7. The van der Waals surface area contributed by atoms with Crippen LogP contribution in [0.2, 0.25) is 0 Å². The number of benzene rings is 2. The molecule has 24 heavy (non-hydrogen) atoms. The highest BCUT2D eigenvalue weighted by Crippen LogP contribution is 2.23. The summed E-state index contributed by atoms with van der Waals surface area (Å²) >= 11 is 0. The second-order valence-electron chi connectivity index (χ2n) is 5.47. The minimum Gasteiger partial charge on any atom is -0.299 e. The van der Waals surface area contributed by atoms with E-state index in [-0.39, 0.29) is 11.6 Å². The molecule has 1 atom stereocenters. The van der Waals surface area contributed by atoms with E-state index in [1.807, 2.05) is 36.4 Å². The van der Waals surface area contributed by atoms with E-state index in [1.54, 1.807) is 30.5 Å². The van der Waals surface area contributed by atoms with Crippen LogP contribution in [-0.4, -0.2) is 21.5 Å². The summed E-state index contributed by atoms with van der Waals surface area (Å²) in [5.41, 5.74) is 2.39. The molecule has 0 aliphatic carbocycles. The van der Waals surface area contributed by atoms with Crippen LogP contribution in [0.1, 0.15) is 28.9 Å². The molecule has 0 aliphatic heterocycles. The predicted molar refractivity (Wildman–Crippen MR) is 91.7 cm³/mol. The van der Waals surface area contributed by atoms with Crippen molar-refractivity contribution in [1.82, 2.24) is 9.97 Å². The van der Waals surface area contributed by atoms with Gasteiger partial charge < -0.3 is 0 Å². The van der Waals surface area contributed by atoms with Crippen molar-refractivity contribution in [2.24, 2.45) is 0 Å². The van der Waals surface area contributed by atoms with Gasteiger partial charge in [-0.3, -0.25) is 14.6 Å². The van der Waals surface area contributed by atoms with Gasteiger partial charge in [0.2, 0.25) is 0 Å². The highest BCUT2D eigenvalue weighted by molar-refractivity contribution is 6.14. The number of aromatic nitrogens is 2. The minimum atomic E-state index is -0.941. The lowest BCUT2D eigenvalue weighted by molar-refractivity contribution is -0.117. The van der Waals surface area contributed by atoms with Gasteiger partial charge in [0.15, 0.2) is 5.78 Å². The molecule has 0 N–H and O–H groups in total. The molecule has 4 nitrogen and oxygen atoms in total. The molecule has 0 spiro atoms. The van der Waals surface area contributed by atoms with Crippen molar-refractivity contribution in [2.75, 3.05) is 0 Å². The van der Waals surface area contributed by atoms with Gasteiger partial charge in [-0.1, -0.05) is 60.7 Å². The summed E-state index contributed by atoms with van der Waals surface area (Å²) in [5, 5.41) is 0. The van der Waals surface area contributed by atoms with Crippen LogP contribution in [0.15, 0.2) is 73.1 Å². The molecule has 0 aliphatic rings. The van der Waals surface area contributed by atoms with Crippen LogP contribution in [-0.2, 0) is 4.79 Å². The summed E-state index contributed by atoms with van der Waals surface area (Å²) in [6.07, 6.45) is 3.11. The Labute approximate surface area is 140 Å². The highest BCUT2D eigenvalue weighted by Gasteiger charge is 2.28. The summed E-state index contributed by atoms with van der Waals surface area (Å²) in [4.78, 5) is 33.5. The minimum absolute atomic E-state index is 0.247. The van der Waals surface area contributed by atoms with Gasteiger partial charge in [0.05, 0.1) is 17.6 Å². The number of Topliss-reactive ketones (excluding diaryl/α,β-unsaturated/α-hetero) is 2. The molecule has 2 aromatic carbocycles. The third-order valence-corrected chi connectivity index (χ3v) is 3.75. The smallest absolute Gasteiger partial charge is 0.179 e. The van der Waals surface area contributed by atoms with E-state index >= 15 is 0 Å². The molecule has 3 rings (SSSR count). The molecule has 3 aromatic rings. The second-order valence-corrected chi connectivity index (χ2v) is 5.47. The maximum Gasteiger partial charge on any atom is 0.179 e. The van der Waals surface area contributed by atoms with Crippen LogP contribution in [0, 0.1) is 0 Å².